The molecule has 0 atom stereocenters. The van der Waals surface area contributed by atoms with Crippen molar-refractivity contribution in [1.29, 1.82) is 0 Å². The predicted octanol–water partition coefficient (Wildman–Crippen LogP) is 1.12. The highest BCUT2D eigenvalue weighted by Gasteiger charge is 2.01. The zero-order valence-electron chi connectivity index (χ0n) is 6.37. The lowest BCUT2D eigenvalue weighted by Gasteiger charge is -1.96. The molecule has 0 aliphatic rings. The predicted molar refractivity (Wildman–Crippen MR) is 49.2 cm³/mol. The monoisotopic (exact) mass is 166 g/mol. The maximum atomic E-state index is 11.1. The van der Waals surface area contributed by atoms with Gasteiger partial charge in [0.1, 0.15) is 0 Å². The van der Waals surface area contributed by atoms with Crippen LogP contribution in [0.15, 0.2) is 24.5 Å². The Morgan fingerprint density at radius 2 is 2.42 bits per heavy atom. The van der Waals surface area contributed by atoms with Gasteiger partial charge in [0, 0.05) is 18.0 Å². The lowest BCUT2D eigenvalue weighted by atomic mass is 10.2. The van der Waals surface area contributed by atoms with Gasteiger partial charge in [-0.05, 0) is 19.2 Å². The van der Waals surface area contributed by atoms with Crippen LogP contribution in [0, 0.1) is 0 Å². The molecule has 3 nitrogen and oxygen atoms in total. The number of hydrogen-bond acceptors (Lipinski definition) is 3. The average Bonchev–Trinajstić information content (AvgIpc) is 2.07. The second-order valence-electron chi connectivity index (χ2n) is 2.20. The van der Waals surface area contributed by atoms with Crippen LogP contribution in [-0.4, -0.2) is 24.4 Å². The van der Waals surface area contributed by atoms with Crippen LogP contribution in [0.4, 0.5) is 0 Å². The lowest BCUT2D eigenvalue weighted by Crippen LogP contribution is -2.18. The van der Waals surface area contributed by atoms with Crippen LogP contribution < -0.4 is 5.32 Å². The summed E-state index contributed by atoms with van der Waals surface area (Å²) in [5, 5.41) is 2.79. The molecule has 0 bridgehead atoms. The molecule has 0 amide bonds. The van der Waals surface area contributed by atoms with Gasteiger partial charge in [-0.3, -0.25) is 9.78 Å². The largest absolute Gasteiger partial charge is 0.313 e. The molecule has 3 heteroatoms. The van der Waals surface area contributed by atoms with Crippen molar-refractivity contribution < 1.29 is 4.79 Å². The van der Waals surface area contributed by atoms with E-state index in [4.69, 9.17) is 0 Å². The van der Waals surface area contributed by atoms with Gasteiger partial charge in [0.05, 0.1) is 6.54 Å². The minimum absolute atomic E-state index is 0. The van der Waals surface area contributed by atoms with E-state index in [0.717, 1.165) is 0 Å². The molecule has 0 unspecified atom stereocenters. The number of hydrogen-bond donors (Lipinski definition) is 1. The van der Waals surface area contributed by atoms with Crippen LogP contribution >= 0.6 is 0 Å². The maximum absolute atomic E-state index is 11.1. The fourth-order valence-corrected chi connectivity index (χ4v) is 0.790. The first-order valence-electron chi connectivity index (χ1n) is 3.42. The number of Topliss-reactive ketones (excluding diaryl/α,β-unsaturated/α-hetero) is 1. The Kier molecular flexibility index (Phi) is 4.88. The van der Waals surface area contributed by atoms with Crippen molar-refractivity contribution in [3.05, 3.63) is 30.1 Å². The highest BCUT2D eigenvalue weighted by atomic mass is 16.1. The molecule has 0 radical (unpaired) electrons. The number of aromatic nitrogens is 1. The van der Waals surface area contributed by atoms with Gasteiger partial charge >= 0.3 is 0 Å². The van der Waals surface area contributed by atoms with Gasteiger partial charge in [0.25, 0.3) is 0 Å². The number of pyridine rings is 1. The molecule has 0 saturated carbocycles. The number of nitrogens with one attached hydrogen (secondary N) is 1. The summed E-state index contributed by atoms with van der Waals surface area (Å²) in [6, 6.07) is 3.51. The molecule has 1 N–H and O–H groups in total. The summed E-state index contributed by atoms with van der Waals surface area (Å²) in [7, 11) is 1.74. The number of likely N-dealkylation sites (N-methyl/N-ethyl adjacent to an activating group) is 1. The molecule has 1 heterocycles. The SMILES string of the molecule is C.CNCC(=O)c1cccnc1. The lowest BCUT2D eigenvalue weighted by molar-refractivity contribution is 0.0993. The van der Waals surface area contributed by atoms with E-state index in [2.05, 4.69) is 10.3 Å². The first-order valence-corrected chi connectivity index (χ1v) is 3.42. The zero-order valence-corrected chi connectivity index (χ0v) is 6.37. The molecular formula is C9H14N2O. The minimum atomic E-state index is 0. The molecular weight excluding hydrogens is 152 g/mol. The first kappa shape index (κ1) is 10.8. The van der Waals surface area contributed by atoms with E-state index in [0.29, 0.717) is 12.1 Å². The van der Waals surface area contributed by atoms with E-state index in [1.165, 1.54) is 0 Å². The second-order valence-corrected chi connectivity index (χ2v) is 2.20. The van der Waals surface area contributed by atoms with Crippen molar-refractivity contribution in [3.8, 4) is 0 Å². The number of carbonyl (C=O) groups is 1. The van der Waals surface area contributed by atoms with Crippen LogP contribution in [0.1, 0.15) is 17.8 Å². The third-order valence-corrected chi connectivity index (χ3v) is 1.32. The highest BCUT2D eigenvalue weighted by molar-refractivity contribution is 5.97. The van der Waals surface area contributed by atoms with Gasteiger partial charge in [-0.15, -0.1) is 0 Å². The van der Waals surface area contributed by atoms with Crippen LogP contribution in [0.2, 0.25) is 0 Å². The van der Waals surface area contributed by atoms with E-state index in [9.17, 15) is 4.79 Å². The Bertz CT molecular complexity index is 234. The van der Waals surface area contributed by atoms with E-state index in [1.807, 2.05) is 0 Å². The van der Waals surface area contributed by atoms with Crippen molar-refractivity contribution in [2.75, 3.05) is 13.6 Å². The third-order valence-electron chi connectivity index (χ3n) is 1.32. The maximum Gasteiger partial charge on any atom is 0.178 e. The summed E-state index contributed by atoms with van der Waals surface area (Å²) in [6.07, 6.45) is 3.22. The third kappa shape index (κ3) is 2.80. The summed E-state index contributed by atoms with van der Waals surface area (Å²) in [5.41, 5.74) is 0.654. The van der Waals surface area contributed by atoms with Crippen LogP contribution in [0.5, 0.6) is 0 Å². The van der Waals surface area contributed by atoms with Gasteiger partial charge in [-0.1, -0.05) is 7.43 Å². The summed E-state index contributed by atoms with van der Waals surface area (Å²) in [4.78, 5) is 15.0. The van der Waals surface area contributed by atoms with Crippen LogP contribution in [0.3, 0.4) is 0 Å². The number of ketones is 1. The summed E-state index contributed by atoms with van der Waals surface area (Å²) < 4.78 is 0. The van der Waals surface area contributed by atoms with Crippen molar-refractivity contribution in [2.45, 2.75) is 7.43 Å². The Morgan fingerprint density at radius 3 is 2.92 bits per heavy atom. The highest BCUT2D eigenvalue weighted by Crippen LogP contribution is 1.95. The molecule has 12 heavy (non-hydrogen) atoms. The zero-order chi connectivity index (χ0) is 8.10. The molecule has 0 spiro atoms. The van der Waals surface area contributed by atoms with Crippen LogP contribution in [0.25, 0.3) is 0 Å². The Labute approximate surface area is 72.8 Å². The quantitative estimate of drug-likeness (QED) is 0.684. The standard InChI is InChI=1S/C8H10N2O.CH4/c1-9-6-8(11)7-3-2-4-10-5-7;/h2-5,9H,6H2,1H3;1H4. The molecule has 1 rings (SSSR count). The smallest absolute Gasteiger partial charge is 0.178 e. The average molecular weight is 166 g/mol. The van der Waals surface area contributed by atoms with Gasteiger partial charge in [0.2, 0.25) is 0 Å². The molecule has 1 aromatic rings. The summed E-state index contributed by atoms with van der Waals surface area (Å²) in [6.45, 7) is 0.367. The summed E-state index contributed by atoms with van der Waals surface area (Å²) in [5.74, 6) is 0.0700. The Morgan fingerprint density at radius 1 is 1.67 bits per heavy atom. The van der Waals surface area contributed by atoms with Crippen molar-refractivity contribution in [2.24, 2.45) is 0 Å². The first-order chi connectivity index (χ1) is 5.34. The van der Waals surface area contributed by atoms with E-state index >= 15 is 0 Å². The second kappa shape index (κ2) is 5.43. The van der Waals surface area contributed by atoms with Crippen LogP contribution in [-0.2, 0) is 0 Å². The molecule has 0 saturated heterocycles. The molecule has 0 aliphatic carbocycles. The molecule has 1 aromatic heterocycles. The number of nitrogens with zero attached hydrogens (tertiary/aromatic N) is 1. The van der Waals surface area contributed by atoms with Crippen molar-refractivity contribution >= 4 is 5.78 Å². The van der Waals surface area contributed by atoms with Gasteiger partial charge in [-0.2, -0.15) is 0 Å². The normalized spacial score (nSPS) is 8.75. The van der Waals surface area contributed by atoms with Gasteiger partial charge in [-0.25, -0.2) is 0 Å². The molecule has 0 aliphatic heterocycles. The number of rotatable bonds is 3. The van der Waals surface area contributed by atoms with E-state index in [1.54, 1.807) is 31.6 Å². The van der Waals surface area contributed by atoms with E-state index < -0.39 is 0 Å². The van der Waals surface area contributed by atoms with Gasteiger partial charge in [0.15, 0.2) is 5.78 Å². The van der Waals surface area contributed by atoms with Gasteiger partial charge < -0.3 is 5.32 Å². The van der Waals surface area contributed by atoms with E-state index in [-0.39, 0.29) is 13.2 Å². The Balaban J connectivity index is 0.00000121. The topological polar surface area (TPSA) is 42.0 Å². The summed E-state index contributed by atoms with van der Waals surface area (Å²) >= 11 is 0. The van der Waals surface area contributed by atoms with Crippen molar-refractivity contribution in [1.82, 2.24) is 10.3 Å². The minimum Gasteiger partial charge on any atom is -0.313 e. The fourth-order valence-electron chi connectivity index (χ4n) is 0.790. The molecule has 0 fully saturated rings. The number of carbonyl (C=O) groups excluding carboxylic acids is 1. The fraction of sp³-hybridized carbons (Fsp3) is 0.333. The molecule has 66 valence electrons. The van der Waals surface area contributed by atoms with Crippen molar-refractivity contribution in [3.63, 3.8) is 0 Å². The Hall–Kier alpha value is -1.22. The molecule has 0 aromatic carbocycles.